The van der Waals surface area contributed by atoms with E-state index in [1.165, 1.54) is 14.2 Å². The summed E-state index contributed by atoms with van der Waals surface area (Å²) >= 11 is 6.41. The number of rotatable bonds is 6. The number of carbonyl (C=O) groups excluding carboxylic acids is 2. The molecule has 3 rings (SSSR count). The maximum Gasteiger partial charge on any atom is 0.410 e. The van der Waals surface area contributed by atoms with Crippen LogP contribution in [0, 0.1) is 5.92 Å². The number of amides is 2. The van der Waals surface area contributed by atoms with E-state index >= 15 is 0 Å². The Morgan fingerprint density at radius 3 is 2.55 bits per heavy atom. The molecule has 0 N–H and O–H groups in total. The fourth-order valence-corrected chi connectivity index (χ4v) is 4.46. The van der Waals surface area contributed by atoms with Crippen molar-refractivity contribution in [1.82, 2.24) is 9.80 Å². The lowest BCUT2D eigenvalue weighted by Gasteiger charge is -2.39. The number of carbonyl (C=O) groups is 2. The molecular formula is C21H29ClN2O5. The molecule has 0 spiro atoms. The summed E-state index contributed by atoms with van der Waals surface area (Å²) < 4.78 is 15.9. The number of likely N-dealkylation sites (tertiary alicyclic amines) is 1. The van der Waals surface area contributed by atoms with E-state index in [9.17, 15) is 9.59 Å². The van der Waals surface area contributed by atoms with Crippen LogP contribution >= 0.6 is 11.6 Å². The highest BCUT2D eigenvalue weighted by Crippen LogP contribution is 2.38. The zero-order valence-electron chi connectivity index (χ0n) is 17.4. The summed E-state index contributed by atoms with van der Waals surface area (Å²) in [4.78, 5) is 29.0. The molecule has 2 atom stereocenters. The van der Waals surface area contributed by atoms with Gasteiger partial charge in [0.1, 0.15) is 6.61 Å². The van der Waals surface area contributed by atoms with Gasteiger partial charge in [-0.15, -0.1) is 0 Å². The summed E-state index contributed by atoms with van der Waals surface area (Å²) in [5, 5.41) is 0.249. The van der Waals surface area contributed by atoms with Crippen LogP contribution in [-0.4, -0.2) is 67.8 Å². The quantitative estimate of drug-likeness (QED) is 0.694. The topological polar surface area (TPSA) is 68.3 Å². The monoisotopic (exact) mass is 424 g/mol. The van der Waals surface area contributed by atoms with Gasteiger partial charge in [0.2, 0.25) is 0 Å². The number of benzene rings is 1. The first-order chi connectivity index (χ1) is 13.9. The van der Waals surface area contributed by atoms with Crippen LogP contribution in [-0.2, 0) is 4.74 Å². The van der Waals surface area contributed by atoms with Gasteiger partial charge in [-0.3, -0.25) is 9.69 Å². The summed E-state index contributed by atoms with van der Waals surface area (Å²) in [6.45, 7) is 5.85. The Hall–Kier alpha value is -2.15. The van der Waals surface area contributed by atoms with E-state index < -0.39 is 0 Å². The molecular weight excluding hydrogens is 396 g/mol. The molecule has 1 aromatic carbocycles. The molecule has 29 heavy (non-hydrogen) atoms. The molecule has 160 valence electrons. The molecule has 2 fully saturated rings. The lowest BCUT2D eigenvalue weighted by atomic mass is 9.95. The number of nitrogens with zero attached hydrogens (tertiary/aromatic N) is 2. The number of hydrogen-bond donors (Lipinski definition) is 0. The van der Waals surface area contributed by atoms with Crippen molar-refractivity contribution in [3.8, 4) is 11.5 Å². The minimum atomic E-state index is -0.233. The highest BCUT2D eigenvalue weighted by molar-refractivity contribution is 6.35. The number of methoxy groups -OCH3 is 2. The summed E-state index contributed by atoms with van der Waals surface area (Å²) in [6, 6.07) is 3.55. The second-order valence-corrected chi connectivity index (χ2v) is 8.00. The van der Waals surface area contributed by atoms with Crippen molar-refractivity contribution in [2.75, 3.05) is 33.9 Å². The molecule has 2 saturated heterocycles. The molecule has 2 heterocycles. The number of ether oxygens (including phenoxy) is 3. The summed E-state index contributed by atoms with van der Waals surface area (Å²) in [6.07, 6.45) is 2.20. The van der Waals surface area contributed by atoms with Crippen molar-refractivity contribution < 1.29 is 23.8 Å². The third-order valence-corrected chi connectivity index (χ3v) is 6.48. The van der Waals surface area contributed by atoms with Crippen LogP contribution in [0.4, 0.5) is 4.79 Å². The molecule has 0 radical (unpaired) electrons. The fraction of sp³-hybridized carbons (Fsp3) is 0.619. The van der Waals surface area contributed by atoms with E-state index in [1.807, 2.05) is 4.90 Å². The molecule has 0 aliphatic carbocycles. The van der Waals surface area contributed by atoms with Gasteiger partial charge < -0.3 is 19.1 Å². The van der Waals surface area contributed by atoms with Gasteiger partial charge in [-0.05, 0) is 30.9 Å². The maximum atomic E-state index is 13.0. The first-order valence-electron chi connectivity index (χ1n) is 10.1. The summed E-state index contributed by atoms with van der Waals surface area (Å²) in [7, 11) is 3.02. The molecule has 1 aromatic rings. The van der Waals surface area contributed by atoms with E-state index in [-0.39, 0.29) is 29.1 Å². The normalized spacial score (nSPS) is 21.1. The van der Waals surface area contributed by atoms with Crippen molar-refractivity contribution in [2.24, 2.45) is 5.92 Å². The van der Waals surface area contributed by atoms with E-state index in [2.05, 4.69) is 13.8 Å². The first kappa shape index (κ1) is 21.6. The fourth-order valence-electron chi connectivity index (χ4n) is 4.15. The van der Waals surface area contributed by atoms with Crippen molar-refractivity contribution in [3.63, 3.8) is 0 Å². The van der Waals surface area contributed by atoms with E-state index in [0.717, 1.165) is 19.3 Å². The zero-order valence-corrected chi connectivity index (χ0v) is 18.2. The van der Waals surface area contributed by atoms with E-state index in [1.54, 1.807) is 17.0 Å². The van der Waals surface area contributed by atoms with Crippen molar-refractivity contribution >= 4 is 23.6 Å². The smallest absolute Gasteiger partial charge is 0.410 e. The molecule has 0 unspecified atom stereocenters. The number of hydrogen-bond acceptors (Lipinski definition) is 5. The van der Waals surface area contributed by atoms with E-state index in [4.69, 9.17) is 25.8 Å². The van der Waals surface area contributed by atoms with Gasteiger partial charge in [0, 0.05) is 19.1 Å². The van der Waals surface area contributed by atoms with Crippen molar-refractivity contribution in [2.45, 2.75) is 45.2 Å². The highest BCUT2D eigenvalue weighted by atomic mass is 35.5. The average molecular weight is 425 g/mol. The lowest BCUT2D eigenvalue weighted by molar-refractivity contribution is 0.0615. The molecule has 7 nitrogen and oxygen atoms in total. The van der Waals surface area contributed by atoms with Gasteiger partial charge in [0.05, 0.1) is 30.8 Å². The third-order valence-electron chi connectivity index (χ3n) is 6.11. The Bertz CT molecular complexity index is 764. The molecule has 0 aromatic heterocycles. The Morgan fingerprint density at radius 2 is 1.97 bits per heavy atom. The largest absolute Gasteiger partial charge is 0.493 e. The van der Waals surface area contributed by atoms with Crippen LogP contribution in [0.15, 0.2) is 12.1 Å². The van der Waals surface area contributed by atoms with Crippen LogP contribution in [0.3, 0.4) is 0 Å². The van der Waals surface area contributed by atoms with Crippen LogP contribution in [0.1, 0.15) is 43.5 Å². The van der Waals surface area contributed by atoms with Gasteiger partial charge in [-0.1, -0.05) is 31.9 Å². The SMILES string of the molecule is CC[C@H](C)[C@@H]1COC(=O)N1C1CCN(C(=O)c2ccc(OC)c(OC)c2Cl)CC1. The molecule has 0 saturated carbocycles. The number of piperidine rings is 1. The molecule has 0 bridgehead atoms. The van der Waals surface area contributed by atoms with Gasteiger partial charge in [-0.25, -0.2) is 4.79 Å². The highest BCUT2D eigenvalue weighted by Gasteiger charge is 2.41. The average Bonchev–Trinajstić information content (AvgIpc) is 3.13. The number of cyclic esters (lactones) is 1. The van der Waals surface area contributed by atoms with Crippen LogP contribution in [0.5, 0.6) is 11.5 Å². The Balaban J connectivity index is 1.69. The predicted molar refractivity (Wildman–Crippen MR) is 110 cm³/mol. The van der Waals surface area contributed by atoms with Crippen LogP contribution < -0.4 is 9.47 Å². The third kappa shape index (κ3) is 4.10. The molecule has 2 amide bonds. The second-order valence-electron chi connectivity index (χ2n) is 7.62. The lowest BCUT2D eigenvalue weighted by Crippen LogP contribution is -2.51. The standard InChI is InChI=1S/C21H29ClN2O5/c1-5-13(2)16-12-29-21(26)24(16)14-8-10-23(11-9-14)20(25)15-6-7-17(27-3)19(28-4)18(15)22/h6-7,13-14,16H,5,8-12H2,1-4H3/t13-,16-/m0/s1. The molecule has 2 aliphatic rings. The minimum Gasteiger partial charge on any atom is -0.493 e. The van der Waals surface area contributed by atoms with Gasteiger partial charge in [0.25, 0.3) is 5.91 Å². The maximum absolute atomic E-state index is 13.0. The van der Waals surface area contributed by atoms with Crippen molar-refractivity contribution in [1.29, 1.82) is 0 Å². The number of halogens is 1. The Labute approximate surface area is 176 Å². The predicted octanol–water partition coefficient (Wildman–Crippen LogP) is 3.83. The van der Waals surface area contributed by atoms with E-state index in [0.29, 0.717) is 42.7 Å². The van der Waals surface area contributed by atoms with Gasteiger partial charge >= 0.3 is 6.09 Å². The Morgan fingerprint density at radius 1 is 1.28 bits per heavy atom. The Kier molecular flexibility index (Phi) is 6.77. The van der Waals surface area contributed by atoms with Gasteiger partial charge in [-0.2, -0.15) is 0 Å². The summed E-state index contributed by atoms with van der Waals surface area (Å²) in [5.74, 6) is 1.08. The second kappa shape index (κ2) is 9.11. The van der Waals surface area contributed by atoms with Gasteiger partial charge in [0.15, 0.2) is 11.5 Å². The minimum absolute atomic E-state index is 0.0916. The first-order valence-corrected chi connectivity index (χ1v) is 10.5. The molecule has 8 heteroatoms. The van der Waals surface area contributed by atoms with Crippen LogP contribution in [0.2, 0.25) is 5.02 Å². The zero-order chi connectivity index (χ0) is 21.1. The van der Waals surface area contributed by atoms with Crippen molar-refractivity contribution in [3.05, 3.63) is 22.7 Å². The summed E-state index contributed by atoms with van der Waals surface area (Å²) in [5.41, 5.74) is 0.390. The van der Waals surface area contributed by atoms with Crippen LogP contribution in [0.25, 0.3) is 0 Å². The molecule has 2 aliphatic heterocycles.